The van der Waals surface area contributed by atoms with Crippen molar-refractivity contribution in [3.05, 3.63) is 81.5 Å². The number of nitrogens with zero attached hydrogens (tertiary/aromatic N) is 2. The number of para-hydroxylation sites is 1. The predicted molar refractivity (Wildman–Crippen MR) is 107 cm³/mol. The Balaban J connectivity index is 1.60. The van der Waals surface area contributed by atoms with Crippen molar-refractivity contribution in [3.8, 4) is 11.3 Å². The molecule has 0 aliphatic carbocycles. The lowest BCUT2D eigenvalue weighted by atomic mass is 10.1. The molecule has 2 aromatic carbocycles. The van der Waals surface area contributed by atoms with Crippen molar-refractivity contribution in [1.82, 2.24) is 0 Å². The van der Waals surface area contributed by atoms with Gasteiger partial charge in [0, 0.05) is 29.8 Å². The lowest BCUT2D eigenvalue weighted by Crippen LogP contribution is -2.33. The van der Waals surface area contributed by atoms with Gasteiger partial charge in [-0.25, -0.2) is 0 Å². The van der Waals surface area contributed by atoms with Crippen LogP contribution in [0.2, 0.25) is 0 Å². The van der Waals surface area contributed by atoms with Crippen molar-refractivity contribution in [1.29, 1.82) is 0 Å². The lowest BCUT2D eigenvalue weighted by molar-refractivity contribution is -0.665. The van der Waals surface area contributed by atoms with Crippen molar-refractivity contribution in [2.45, 2.75) is 13.5 Å². The second-order valence-electron chi connectivity index (χ2n) is 5.99. The number of non-ortho nitro benzene ring substituents is 1. The number of fused-ring (bicyclic) bond motifs is 1. The van der Waals surface area contributed by atoms with Crippen LogP contribution >= 0.6 is 11.3 Å². The topological polar surface area (TPSA) is 60.2 Å². The van der Waals surface area contributed by atoms with Crippen molar-refractivity contribution in [2.24, 2.45) is 0 Å². The Hall–Kier alpha value is -3.25. The molecule has 0 saturated heterocycles. The maximum absolute atomic E-state index is 10.8. The SMILES string of the molecule is CC[n+]1c(C=Cc2ccc(-c3ccc([N+](=O)[O-])cc3)o2)sc2ccccc21. The molecule has 2 aromatic heterocycles. The van der Waals surface area contributed by atoms with Crippen molar-refractivity contribution in [2.75, 3.05) is 0 Å². The van der Waals surface area contributed by atoms with E-state index in [1.54, 1.807) is 23.5 Å². The summed E-state index contributed by atoms with van der Waals surface area (Å²) >= 11 is 1.75. The molecule has 0 amide bonds. The Labute approximate surface area is 160 Å². The van der Waals surface area contributed by atoms with Crippen LogP contribution in [0.3, 0.4) is 0 Å². The molecule has 0 aliphatic rings. The van der Waals surface area contributed by atoms with Crippen LogP contribution in [-0.2, 0) is 6.54 Å². The summed E-state index contributed by atoms with van der Waals surface area (Å²) in [6, 6.07) is 18.5. The quantitative estimate of drug-likeness (QED) is 0.260. The highest BCUT2D eigenvalue weighted by atomic mass is 32.1. The largest absolute Gasteiger partial charge is 0.457 e. The van der Waals surface area contributed by atoms with E-state index in [0.717, 1.165) is 22.9 Å². The molecule has 5 nitrogen and oxygen atoms in total. The van der Waals surface area contributed by atoms with Crippen LogP contribution in [0, 0.1) is 10.1 Å². The summed E-state index contributed by atoms with van der Waals surface area (Å²) in [4.78, 5) is 10.4. The fourth-order valence-corrected chi connectivity index (χ4v) is 4.13. The van der Waals surface area contributed by atoms with Crippen LogP contribution in [0.5, 0.6) is 0 Å². The highest BCUT2D eigenvalue weighted by Gasteiger charge is 2.16. The summed E-state index contributed by atoms with van der Waals surface area (Å²) < 4.78 is 9.41. The van der Waals surface area contributed by atoms with Gasteiger partial charge in [-0.15, -0.1) is 0 Å². The number of nitro benzene ring substituents is 1. The van der Waals surface area contributed by atoms with Crippen molar-refractivity contribution < 1.29 is 13.9 Å². The molecule has 0 bridgehead atoms. The molecule has 4 rings (SSSR count). The van der Waals surface area contributed by atoms with Crippen LogP contribution < -0.4 is 4.57 Å². The van der Waals surface area contributed by atoms with Gasteiger partial charge in [0.2, 0.25) is 5.52 Å². The van der Waals surface area contributed by atoms with Gasteiger partial charge in [0.15, 0.2) is 0 Å². The number of thiazole rings is 1. The second-order valence-corrected chi connectivity index (χ2v) is 7.05. The number of hydrogen-bond donors (Lipinski definition) is 0. The van der Waals surface area contributed by atoms with Crippen LogP contribution in [0.25, 0.3) is 33.7 Å². The minimum Gasteiger partial charge on any atom is -0.457 e. The van der Waals surface area contributed by atoms with Gasteiger partial charge in [-0.3, -0.25) is 10.1 Å². The Morgan fingerprint density at radius 3 is 2.59 bits per heavy atom. The second kappa shape index (κ2) is 7.17. The van der Waals surface area contributed by atoms with Gasteiger partial charge in [0.1, 0.15) is 22.8 Å². The Kier molecular flexibility index (Phi) is 4.56. The third-order valence-corrected chi connectivity index (χ3v) is 5.46. The predicted octanol–water partition coefficient (Wildman–Crippen LogP) is 5.55. The molecule has 0 atom stereocenters. The average Bonchev–Trinajstić information content (AvgIpc) is 3.30. The zero-order valence-electron chi connectivity index (χ0n) is 14.7. The molecule has 0 N–H and O–H groups in total. The van der Waals surface area contributed by atoms with Crippen LogP contribution in [0.15, 0.2) is 65.1 Å². The smallest absolute Gasteiger partial charge is 0.269 e. The third-order valence-electron chi connectivity index (χ3n) is 4.33. The summed E-state index contributed by atoms with van der Waals surface area (Å²) in [5, 5.41) is 11.9. The van der Waals surface area contributed by atoms with Crippen molar-refractivity contribution in [3.63, 3.8) is 0 Å². The summed E-state index contributed by atoms with van der Waals surface area (Å²) in [6.07, 6.45) is 4.01. The number of aryl methyl sites for hydroxylation is 1. The first kappa shape index (κ1) is 17.2. The molecule has 2 heterocycles. The summed E-state index contributed by atoms with van der Waals surface area (Å²) in [6.45, 7) is 3.03. The standard InChI is InChI=1S/C21H17N2O3S/c1-2-22-18-5-3-4-6-20(18)27-21(22)14-12-17-11-13-19(26-17)15-7-9-16(10-8-15)23(24)25/h3-14H,2H2,1H3/q+1. The minimum absolute atomic E-state index is 0.0688. The van der Waals surface area contributed by atoms with Crippen LogP contribution in [-0.4, -0.2) is 4.92 Å². The number of rotatable bonds is 5. The van der Waals surface area contributed by atoms with E-state index in [9.17, 15) is 10.1 Å². The number of nitro groups is 1. The number of furan rings is 1. The third kappa shape index (κ3) is 3.39. The first-order chi connectivity index (χ1) is 13.2. The summed E-state index contributed by atoms with van der Waals surface area (Å²) in [5.41, 5.74) is 2.11. The van der Waals surface area contributed by atoms with Gasteiger partial charge in [0.05, 0.1) is 4.92 Å². The first-order valence-corrected chi connectivity index (χ1v) is 9.41. The van der Waals surface area contributed by atoms with E-state index >= 15 is 0 Å². The Morgan fingerprint density at radius 2 is 1.85 bits per heavy atom. The summed E-state index contributed by atoms with van der Waals surface area (Å²) in [5.74, 6) is 1.42. The zero-order chi connectivity index (χ0) is 18.8. The van der Waals surface area contributed by atoms with E-state index in [2.05, 4.69) is 41.8 Å². The average molecular weight is 377 g/mol. The monoisotopic (exact) mass is 377 g/mol. The highest BCUT2D eigenvalue weighted by molar-refractivity contribution is 7.18. The van der Waals surface area contributed by atoms with E-state index in [0.29, 0.717) is 5.76 Å². The molecule has 4 aromatic rings. The molecule has 134 valence electrons. The molecule has 6 heteroatoms. The molecule has 0 spiro atoms. The van der Waals surface area contributed by atoms with E-state index in [-0.39, 0.29) is 5.69 Å². The normalized spacial score (nSPS) is 11.4. The van der Waals surface area contributed by atoms with Gasteiger partial charge in [-0.1, -0.05) is 23.5 Å². The molecule has 0 aliphatic heterocycles. The molecular weight excluding hydrogens is 360 g/mol. The van der Waals surface area contributed by atoms with Gasteiger partial charge in [-0.2, -0.15) is 4.57 Å². The molecular formula is C21H17N2O3S+. The maximum atomic E-state index is 10.8. The van der Waals surface area contributed by atoms with E-state index in [1.165, 1.54) is 22.3 Å². The molecule has 0 fully saturated rings. The fraction of sp³-hybridized carbons (Fsp3) is 0.0952. The Bertz CT molecular complexity index is 1140. The van der Waals surface area contributed by atoms with E-state index in [1.807, 2.05) is 18.2 Å². The highest BCUT2D eigenvalue weighted by Crippen LogP contribution is 2.26. The van der Waals surface area contributed by atoms with Gasteiger partial charge in [0.25, 0.3) is 10.7 Å². The van der Waals surface area contributed by atoms with Gasteiger partial charge >= 0.3 is 0 Å². The minimum atomic E-state index is -0.409. The number of hydrogen-bond acceptors (Lipinski definition) is 4. The fourth-order valence-electron chi connectivity index (χ4n) is 3.00. The molecule has 0 unspecified atom stereocenters. The van der Waals surface area contributed by atoms with Crippen molar-refractivity contribution >= 4 is 39.4 Å². The summed E-state index contributed by atoms with van der Waals surface area (Å²) in [7, 11) is 0. The first-order valence-electron chi connectivity index (χ1n) is 8.60. The van der Waals surface area contributed by atoms with E-state index in [4.69, 9.17) is 4.42 Å². The number of aromatic nitrogens is 1. The van der Waals surface area contributed by atoms with Gasteiger partial charge < -0.3 is 4.42 Å². The van der Waals surface area contributed by atoms with Crippen LogP contribution in [0.1, 0.15) is 17.7 Å². The maximum Gasteiger partial charge on any atom is 0.269 e. The molecule has 0 radical (unpaired) electrons. The van der Waals surface area contributed by atoms with Crippen LogP contribution in [0.4, 0.5) is 5.69 Å². The lowest BCUT2D eigenvalue weighted by Gasteiger charge is -1.96. The zero-order valence-corrected chi connectivity index (χ0v) is 15.5. The molecule has 27 heavy (non-hydrogen) atoms. The van der Waals surface area contributed by atoms with E-state index < -0.39 is 4.92 Å². The Morgan fingerprint density at radius 1 is 1.07 bits per heavy atom. The molecule has 0 saturated carbocycles. The van der Waals surface area contributed by atoms with Gasteiger partial charge in [-0.05, 0) is 43.3 Å². The number of benzene rings is 2.